The summed E-state index contributed by atoms with van der Waals surface area (Å²) in [6.45, 7) is 9.14. The molecule has 0 aromatic rings. The summed E-state index contributed by atoms with van der Waals surface area (Å²) in [5, 5.41) is 13.1. The molecule has 0 aliphatic heterocycles. The molecule has 4 nitrogen and oxygen atoms in total. The largest absolute Gasteiger partial charge is 0.370 e. The molecule has 0 aliphatic rings. The Labute approximate surface area is 92.8 Å². The van der Waals surface area contributed by atoms with Crippen molar-refractivity contribution in [3.63, 3.8) is 0 Å². The molecule has 0 saturated carbocycles. The van der Waals surface area contributed by atoms with Crippen molar-refractivity contribution in [1.29, 1.82) is 5.41 Å². The third-order valence-electron chi connectivity index (χ3n) is 2.52. The lowest BCUT2D eigenvalue weighted by Crippen LogP contribution is -2.33. The Kier molecular flexibility index (Phi) is 6.79. The highest BCUT2D eigenvalue weighted by Crippen LogP contribution is 2.15. The van der Waals surface area contributed by atoms with Crippen molar-refractivity contribution in [3.05, 3.63) is 12.2 Å². The monoisotopic (exact) mass is 212 g/mol. The van der Waals surface area contributed by atoms with Gasteiger partial charge in [-0.3, -0.25) is 5.41 Å². The van der Waals surface area contributed by atoms with Crippen LogP contribution in [0.15, 0.2) is 12.2 Å². The zero-order valence-corrected chi connectivity index (χ0v) is 10.1. The maximum absolute atomic E-state index is 7.01. The smallest absolute Gasteiger partial charge is 0.185 e. The quantitative estimate of drug-likeness (QED) is 0.220. The molecular formula is C11H24N4. The molecule has 0 aliphatic carbocycles. The van der Waals surface area contributed by atoms with Crippen LogP contribution in [0, 0.1) is 11.3 Å². The third kappa shape index (κ3) is 6.12. The van der Waals surface area contributed by atoms with E-state index in [0.29, 0.717) is 12.0 Å². The van der Waals surface area contributed by atoms with E-state index in [1.807, 2.05) is 7.05 Å². The summed E-state index contributed by atoms with van der Waals surface area (Å²) in [6.07, 6.45) is 2.00. The molecular weight excluding hydrogens is 188 g/mol. The summed E-state index contributed by atoms with van der Waals surface area (Å²) >= 11 is 0. The Balaban J connectivity index is 3.80. The highest BCUT2D eigenvalue weighted by molar-refractivity contribution is 5.74. The molecule has 0 spiro atoms. The molecule has 0 aromatic carbocycles. The Bertz CT molecular complexity index is 211. The fourth-order valence-corrected chi connectivity index (χ4v) is 1.45. The SMILES string of the molecule is C=C(C(C)C)C(CCCNC(=N)N)NC. The van der Waals surface area contributed by atoms with E-state index in [9.17, 15) is 0 Å². The first-order chi connectivity index (χ1) is 6.99. The van der Waals surface area contributed by atoms with Gasteiger partial charge in [0.2, 0.25) is 0 Å². The van der Waals surface area contributed by atoms with Gasteiger partial charge in [0.1, 0.15) is 0 Å². The van der Waals surface area contributed by atoms with Crippen molar-refractivity contribution in [2.24, 2.45) is 11.7 Å². The van der Waals surface area contributed by atoms with Gasteiger partial charge in [0, 0.05) is 12.6 Å². The molecule has 0 bridgehead atoms. The van der Waals surface area contributed by atoms with Crippen LogP contribution >= 0.6 is 0 Å². The van der Waals surface area contributed by atoms with E-state index in [1.54, 1.807) is 0 Å². The predicted octanol–water partition coefficient (Wildman–Crippen LogP) is 1.05. The molecule has 1 unspecified atom stereocenters. The summed E-state index contributed by atoms with van der Waals surface area (Å²) in [6, 6.07) is 0.360. The minimum absolute atomic E-state index is 0.0405. The van der Waals surface area contributed by atoms with Crippen LogP contribution in [0.1, 0.15) is 26.7 Å². The third-order valence-corrected chi connectivity index (χ3v) is 2.52. The van der Waals surface area contributed by atoms with Gasteiger partial charge in [-0.1, -0.05) is 26.0 Å². The van der Waals surface area contributed by atoms with Crippen molar-refractivity contribution in [2.75, 3.05) is 13.6 Å². The summed E-state index contributed by atoms with van der Waals surface area (Å²) in [4.78, 5) is 0. The van der Waals surface area contributed by atoms with Gasteiger partial charge in [-0.2, -0.15) is 0 Å². The molecule has 0 radical (unpaired) electrons. The number of likely N-dealkylation sites (N-methyl/N-ethyl adjacent to an activating group) is 1. The van der Waals surface area contributed by atoms with E-state index in [1.165, 1.54) is 5.57 Å². The zero-order chi connectivity index (χ0) is 11.8. The fraction of sp³-hybridized carbons (Fsp3) is 0.727. The number of nitrogens with two attached hydrogens (primary N) is 1. The molecule has 0 amide bonds. The Hall–Kier alpha value is -1.03. The lowest BCUT2D eigenvalue weighted by molar-refractivity contribution is 0.517. The summed E-state index contributed by atoms with van der Waals surface area (Å²) in [5.41, 5.74) is 6.43. The molecule has 5 N–H and O–H groups in total. The van der Waals surface area contributed by atoms with E-state index in [2.05, 4.69) is 31.1 Å². The highest BCUT2D eigenvalue weighted by atomic mass is 15.0. The van der Waals surface area contributed by atoms with Crippen LogP contribution in [0.25, 0.3) is 0 Å². The van der Waals surface area contributed by atoms with Crippen LogP contribution in [0.4, 0.5) is 0 Å². The Morgan fingerprint density at radius 2 is 2.07 bits per heavy atom. The second-order valence-corrected chi connectivity index (χ2v) is 4.05. The van der Waals surface area contributed by atoms with E-state index in [0.717, 1.165) is 19.4 Å². The highest BCUT2D eigenvalue weighted by Gasteiger charge is 2.12. The number of rotatable bonds is 7. The van der Waals surface area contributed by atoms with Gasteiger partial charge in [-0.25, -0.2) is 0 Å². The predicted molar refractivity (Wildman–Crippen MR) is 66.0 cm³/mol. The minimum Gasteiger partial charge on any atom is -0.370 e. The van der Waals surface area contributed by atoms with Crippen LogP contribution < -0.4 is 16.4 Å². The van der Waals surface area contributed by atoms with Crippen LogP contribution in [0.2, 0.25) is 0 Å². The van der Waals surface area contributed by atoms with Crippen molar-refractivity contribution in [2.45, 2.75) is 32.7 Å². The first-order valence-electron chi connectivity index (χ1n) is 5.42. The number of nitrogens with one attached hydrogen (secondary N) is 3. The van der Waals surface area contributed by atoms with Gasteiger partial charge in [-0.05, 0) is 25.8 Å². The van der Waals surface area contributed by atoms with E-state index < -0.39 is 0 Å². The molecule has 0 aromatic heterocycles. The van der Waals surface area contributed by atoms with E-state index in [4.69, 9.17) is 11.1 Å². The lowest BCUT2D eigenvalue weighted by atomic mass is 9.94. The molecule has 0 saturated heterocycles. The zero-order valence-electron chi connectivity index (χ0n) is 10.1. The molecule has 0 rings (SSSR count). The maximum Gasteiger partial charge on any atom is 0.185 e. The van der Waals surface area contributed by atoms with Gasteiger partial charge in [0.05, 0.1) is 0 Å². The van der Waals surface area contributed by atoms with Gasteiger partial charge in [0.15, 0.2) is 5.96 Å². The molecule has 15 heavy (non-hydrogen) atoms. The van der Waals surface area contributed by atoms with Crippen molar-refractivity contribution < 1.29 is 0 Å². The molecule has 4 heteroatoms. The second kappa shape index (κ2) is 7.29. The lowest BCUT2D eigenvalue weighted by Gasteiger charge is -2.21. The standard InChI is InChI=1S/C11H24N4/c1-8(2)9(3)10(14-4)6-5-7-15-11(12)13/h8,10,14H,3,5-7H2,1-2,4H3,(H4,12,13,15). The van der Waals surface area contributed by atoms with Crippen molar-refractivity contribution in [3.8, 4) is 0 Å². The second-order valence-electron chi connectivity index (χ2n) is 4.05. The first kappa shape index (κ1) is 14.0. The van der Waals surface area contributed by atoms with Gasteiger partial charge >= 0.3 is 0 Å². The summed E-state index contributed by atoms with van der Waals surface area (Å²) < 4.78 is 0. The number of guanidine groups is 1. The number of hydrogen-bond acceptors (Lipinski definition) is 2. The average molecular weight is 212 g/mol. The van der Waals surface area contributed by atoms with E-state index >= 15 is 0 Å². The van der Waals surface area contributed by atoms with Crippen molar-refractivity contribution >= 4 is 5.96 Å². The van der Waals surface area contributed by atoms with Crippen LogP contribution in [-0.2, 0) is 0 Å². The summed E-state index contributed by atoms with van der Waals surface area (Å²) in [7, 11) is 1.95. The molecule has 0 fully saturated rings. The molecule has 1 atom stereocenters. The van der Waals surface area contributed by atoms with E-state index in [-0.39, 0.29) is 5.96 Å². The molecule has 0 heterocycles. The van der Waals surface area contributed by atoms with Crippen LogP contribution in [-0.4, -0.2) is 25.6 Å². The normalized spacial score (nSPS) is 12.5. The Morgan fingerprint density at radius 3 is 2.47 bits per heavy atom. The summed E-state index contributed by atoms with van der Waals surface area (Å²) in [5.74, 6) is 0.543. The van der Waals surface area contributed by atoms with Gasteiger partial charge < -0.3 is 16.4 Å². The van der Waals surface area contributed by atoms with Crippen LogP contribution in [0.5, 0.6) is 0 Å². The fourth-order valence-electron chi connectivity index (χ4n) is 1.45. The Morgan fingerprint density at radius 1 is 1.47 bits per heavy atom. The maximum atomic E-state index is 7.01. The topological polar surface area (TPSA) is 73.9 Å². The molecule has 88 valence electrons. The first-order valence-corrected chi connectivity index (χ1v) is 5.42. The van der Waals surface area contributed by atoms with Crippen molar-refractivity contribution in [1.82, 2.24) is 10.6 Å². The number of hydrogen-bond donors (Lipinski definition) is 4. The van der Waals surface area contributed by atoms with Gasteiger partial charge in [0.25, 0.3) is 0 Å². The van der Waals surface area contributed by atoms with Gasteiger partial charge in [-0.15, -0.1) is 0 Å². The van der Waals surface area contributed by atoms with Crippen LogP contribution in [0.3, 0.4) is 0 Å². The minimum atomic E-state index is 0.0405. The average Bonchev–Trinajstić information content (AvgIpc) is 2.16.